The molecule has 0 unspecified atom stereocenters. The zero-order valence-corrected chi connectivity index (χ0v) is 26.8. The second-order valence-corrected chi connectivity index (χ2v) is 12.6. The van der Waals surface area contributed by atoms with Gasteiger partial charge in [0.2, 0.25) is 0 Å². The Balaban J connectivity index is 1.23. The first-order chi connectivity index (χ1) is 24.2. The SMILES string of the molecule is Cc1nc2ccccc2n1-c1ccc(-c2cccc(-c3c4c(cc5c(-c6ccccc6)nc6ccccc6c35)oc3ccccc34)c2)cc1. The van der Waals surface area contributed by atoms with E-state index < -0.39 is 0 Å². The number of hydrogen-bond donors (Lipinski definition) is 0. The van der Waals surface area contributed by atoms with Gasteiger partial charge in [0.1, 0.15) is 17.0 Å². The Morgan fingerprint density at radius 2 is 1.16 bits per heavy atom. The fourth-order valence-corrected chi connectivity index (χ4v) is 7.55. The lowest BCUT2D eigenvalue weighted by Gasteiger charge is -2.16. The minimum atomic E-state index is 0.857. The molecule has 0 saturated heterocycles. The van der Waals surface area contributed by atoms with Crippen molar-refractivity contribution < 1.29 is 4.42 Å². The molecule has 0 fully saturated rings. The second-order valence-electron chi connectivity index (χ2n) is 12.6. The summed E-state index contributed by atoms with van der Waals surface area (Å²) in [6.07, 6.45) is 0. The molecule has 0 spiro atoms. The molecule has 0 aliphatic heterocycles. The fraction of sp³-hybridized carbons (Fsp3) is 0.0222. The van der Waals surface area contributed by atoms with Gasteiger partial charge in [0.05, 0.1) is 22.2 Å². The molecular formula is C45H29N3O. The molecule has 0 bridgehead atoms. The Morgan fingerprint density at radius 1 is 0.469 bits per heavy atom. The Kier molecular flexibility index (Phi) is 6.06. The van der Waals surface area contributed by atoms with E-state index in [0.717, 1.165) is 94.3 Å². The van der Waals surface area contributed by atoms with E-state index in [1.807, 2.05) is 18.2 Å². The van der Waals surface area contributed by atoms with Gasteiger partial charge in [0.15, 0.2) is 0 Å². The van der Waals surface area contributed by atoms with Crippen LogP contribution in [0.2, 0.25) is 0 Å². The lowest BCUT2D eigenvalue weighted by molar-refractivity contribution is 0.669. The highest BCUT2D eigenvalue weighted by Gasteiger charge is 2.22. The van der Waals surface area contributed by atoms with Crippen LogP contribution in [0.1, 0.15) is 5.82 Å². The predicted octanol–water partition coefficient (Wildman–Crippen LogP) is 11.9. The van der Waals surface area contributed by atoms with Crippen molar-refractivity contribution in [1.82, 2.24) is 14.5 Å². The lowest BCUT2D eigenvalue weighted by Crippen LogP contribution is -1.96. The topological polar surface area (TPSA) is 43.9 Å². The maximum absolute atomic E-state index is 6.59. The average molecular weight is 628 g/mol. The van der Waals surface area contributed by atoms with Gasteiger partial charge in [-0.1, -0.05) is 109 Å². The highest BCUT2D eigenvalue weighted by atomic mass is 16.3. The highest BCUT2D eigenvalue weighted by Crippen LogP contribution is 2.46. The first kappa shape index (κ1) is 27.6. The number of imidazole rings is 1. The van der Waals surface area contributed by atoms with Gasteiger partial charge in [-0.15, -0.1) is 0 Å². The van der Waals surface area contributed by atoms with Crippen molar-refractivity contribution in [2.24, 2.45) is 0 Å². The maximum Gasteiger partial charge on any atom is 0.136 e. The number of pyridine rings is 1. The van der Waals surface area contributed by atoms with E-state index >= 15 is 0 Å². The standard InChI is InChI=1S/C45H29N3O/c1-28-46-38-19-8-9-20-39(38)48(28)33-24-22-29(23-25-33)31-14-11-15-32(26-31)42-43-34-16-5-7-18-37(34)47-45(30-12-3-2-4-13-30)36(43)27-41-44(42)35-17-6-10-21-40(35)49-41/h2-27H,1H3. The number of hydrogen-bond acceptors (Lipinski definition) is 3. The molecule has 0 N–H and O–H groups in total. The van der Waals surface area contributed by atoms with Gasteiger partial charge < -0.3 is 4.42 Å². The summed E-state index contributed by atoms with van der Waals surface area (Å²) in [6.45, 7) is 2.06. The van der Waals surface area contributed by atoms with Crippen molar-refractivity contribution in [3.8, 4) is 39.2 Å². The van der Waals surface area contributed by atoms with Gasteiger partial charge in [-0.25, -0.2) is 9.97 Å². The number of rotatable bonds is 4. The summed E-state index contributed by atoms with van der Waals surface area (Å²) in [5.74, 6) is 0.972. The molecule has 0 atom stereocenters. The van der Waals surface area contributed by atoms with Crippen molar-refractivity contribution in [1.29, 1.82) is 0 Å². The third kappa shape index (κ3) is 4.31. The van der Waals surface area contributed by atoms with Crippen molar-refractivity contribution in [2.45, 2.75) is 6.92 Å². The smallest absolute Gasteiger partial charge is 0.136 e. The molecule has 0 radical (unpaired) electrons. The molecule has 0 amide bonds. The minimum Gasteiger partial charge on any atom is -0.456 e. The molecule has 4 nitrogen and oxygen atoms in total. The molecule has 4 heteroatoms. The van der Waals surface area contributed by atoms with E-state index in [-0.39, 0.29) is 0 Å². The second kappa shape index (κ2) is 10.8. The van der Waals surface area contributed by atoms with Gasteiger partial charge in [-0.05, 0) is 72.1 Å². The Morgan fingerprint density at radius 3 is 2.02 bits per heavy atom. The van der Waals surface area contributed by atoms with Crippen LogP contribution in [0.15, 0.2) is 162 Å². The van der Waals surface area contributed by atoms with E-state index in [1.165, 1.54) is 5.39 Å². The summed E-state index contributed by atoms with van der Waals surface area (Å²) < 4.78 is 8.81. The fourth-order valence-electron chi connectivity index (χ4n) is 7.55. The van der Waals surface area contributed by atoms with Gasteiger partial charge in [0, 0.05) is 43.7 Å². The van der Waals surface area contributed by atoms with Gasteiger partial charge in [-0.3, -0.25) is 4.57 Å². The van der Waals surface area contributed by atoms with Crippen LogP contribution in [0, 0.1) is 6.92 Å². The first-order valence-electron chi connectivity index (χ1n) is 16.6. The molecule has 7 aromatic carbocycles. The number of furan rings is 1. The van der Waals surface area contributed by atoms with E-state index in [2.05, 4.69) is 151 Å². The van der Waals surface area contributed by atoms with Crippen LogP contribution in [-0.4, -0.2) is 14.5 Å². The Bertz CT molecular complexity index is 2880. The molecule has 3 aromatic heterocycles. The van der Waals surface area contributed by atoms with Crippen LogP contribution in [0.3, 0.4) is 0 Å². The number of para-hydroxylation sites is 4. The summed E-state index contributed by atoms with van der Waals surface area (Å²) in [5.41, 5.74) is 12.5. The number of nitrogens with zero attached hydrogens (tertiary/aromatic N) is 3. The molecule has 0 aliphatic rings. The predicted molar refractivity (Wildman–Crippen MR) is 202 cm³/mol. The quantitative estimate of drug-likeness (QED) is 0.182. The van der Waals surface area contributed by atoms with Crippen LogP contribution >= 0.6 is 0 Å². The number of benzene rings is 7. The number of aromatic nitrogens is 3. The van der Waals surface area contributed by atoms with Crippen LogP contribution in [0.4, 0.5) is 0 Å². The van der Waals surface area contributed by atoms with E-state index in [0.29, 0.717) is 0 Å². The summed E-state index contributed by atoms with van der Waals surface area (Å²) >= 11 is 0. The molecule has 0 aliphatic carbocycles. The third-order valence-electron chi connectivity index (χ3n) is 9.71. The molecule has 49 heavy (non-hydrogen) atoms. The first-order valence-corrected chi connectivity index (χ1v) is 16.6. The molecule has 3 heterocycles. The summed E-state index contributed by atoms with van der Waals surface area (Å²) in [7, 11) is 0. The molecular weight excluding hydrogens is 599 g/mol. The van der Waals surface area contributed by atoms with Gasteiger partial charge in [0.25, 0.3) is 0 Å². The van der Waals surface area contributed by atoms with Crippen molar-refractivity contribution in [3.05, 3.63) is 164 Å². The van der Waals surface area contributed by atoms with Crippen LogP contribution in [0.25, 0.3) is 93.8 Å². The van der Waals surface area contributed by atoms with Crippen LogP contribution in [-0.2, 0) is 0 Å². The van der Waals surface area contributed by atoms with Gasteiger partial charge >= 0.3 is 0 Å². The maximum atomic E-state index is 6.59. The van der Waals surface area contributed by atoms with Crippen molar-refractivity contribution in [2.75, 3.05) is 0 Å². The zero-order chi connectivity index (χ0) is 32.5. The Hall–Kier alpha value is -6.52. The summed E-state index contributed by atoms with van der Waals surface area (Å²) in [4.78, 5) is 10.0. The van der Waals surface area contributed by atoms with Crippen molar-refractivity contribution >= 4 is 54.6 Å². The van der Waals surface area contributed by atoms with E-state index in [9.17, 15) is 0 Å². The summed E-state index contributed by atoms with van der Waals surface area (Å²) in [5, 5.41) is 5.60. The molecule has 230 valence electrons. The largest absolute Gasteiger partial charge is 0.456 e. The van der Waals surface area contributed by atoms with E-state index in [4.69, 9.17) is 14.4 Å². The molecule has 10 aromatic rings. The highest BCUT2D eigenvalue weighted by molar-refractivity contribution is 6.27. The lowest BCUT2D eigenvalue weighted by atomic mass is 9.88. The zero-order valence-electron chi connectivity index (χ0n) is 26.8. The van der Waals surface area contributed by atoms with Crippen molar-refractivity contribution in [3.63, 3.8) is 0 Å². The monoisotopic (exact) mass is 627 g/mol. The van der Waals surface area contributed by atoms with Gasteiger partial charge in [-0.2, -0.15) is 0 Å². The minimum absolute atomic E-state index is 0.857. The Labute approximate surface area is 282 Å². The number of aryl methyl sites for hydroxylation is 1. The third-order valence-corrected chi connectivity index (χ3v) is 9.71. The van der Waals surface area contributed by atoms with E-state index in [1.54, 1.807) is 0 Å². The summed E-state index contributed by atoms with van der Waals surface area (Å²) in [6, 6.07) is 55.5. The molecule has 0 saturated carbocycles. The normalized spacial score (nSPS) is 11.8. The molecule has 10 rings (SSSR count). The van der Waals surface area contributed by atoms with Crippen LogP contribution in [0.5, 0.6) is 0 Å². The average Bonchev–Trinajstić information content (AvgIpc) is 3.70. The number of fused-ring (bicyclic) bond motifs is 7. The van der Waals surface area contributed by atoms with Crippen LogP contribution < -0.4 is 0 Å².